The van der Waals surface area contributed by atoms with Gasteiger partial charge in [-0.3, -0.25) is 4.99 Å². The van der Waals surface area contributed by atoms with Gasteiger partial charge in [-0.2, -0.15) is 0 Å². The van der Waals surface area contributed by atoms with Crippen molar-refractivity contribution in [3.8, 4) is 17.2 Å². The first kappa shape index (κ1) is 11.2. The highest BCUT2D eigenvalue weighted by atomic mass is 16.6. The first-order valence-electron chi connectivity index (χ1n) is 7.08. The van der Waals surface area contributed by atoms with E-state index >= 15 is 0 Å². The smallest absolute Gasteiger partial charge is 0.165 e. The van der Waals surface area contributed by atoms with E-state index in [4.69, 9.17) is 14.2 Å². The molecule has 0 radical (unpaired) electrons. The lowest BCUT2D eigenvalue weighted by atomic mass is 9.78. The molecule has 0 amide bonds. The Kier molecular flexibility index (Phi) is 2.02. The summed E-state index contributed by atoms with van der Waals surface area (Å²) >= 11 is 0. The van der Waals surface area contributed by atoms with E-state index in [1.165, 1.54) is 5.56 Å². The van der Waals surface area contributed by atoms with Crippen LogP contribution in [0.3, 0.4) is 0 Å². The Labute approximate surface area is 122 Å². The third kappa shape index (κ3) is 1.37. The molecule has 3 aliphatic heterocycles. The molecule has 0 aromatic heterocycles. The third-order valence-corrected chi connectivity index (χ3v) is 4.39. The zero-order valence-corrected chi connectivity index (χ0v) is 11.3. The molecule has 0 fully saturated rings. The molecule has 104 valence electrons. The summed E-state index contributed by atoms with van der Waals surface area (Å²) in [6, 6.07) is 12.2. The predicted molar refractivity (Wildman–Crippen MR) is 78.3 cm³/mol. The monoisotopic (exact) mass is 279 g/mol. The molecule has 1 spiro atoms. The van der Waals surface area contributed by atoms with Crippen LogP contribution in [0.15, 0.2) is 41.4 Å². The minimum atomic E-state index is -0.290. The quantitative estimate of drug-likeness (QED) is 0.744. The highest BCUT2D eigenvalue weighted by Crippen LogP contribution is 2.51. The standard InChI is InChI=1S/C17H13NO3/c1-2-4-13-11(3-1)17(9-18-13)10-21-14-8-16-15(7-12(14)17)19-5-6-20-16/h1-4,7-9H,5-6,10H2. The Morgan fingerprint density at radius 1 is 0.857 bits per heavy atom. The van der Waals surface area contributed by atoms with Crippen LogP contribution in [0, 0.1) is 0 Å². The Balaban J connectivity index is 1.73. The lowest BCUT2D eigenvalue weighted by Gasteiger charge is -2.23. The Morgan fingerprint density at radius 2 is 1.67 bits per heavy atom. The zero-order chi connectivity index (χ0) is 13.9. The van der Waals surface area contributed by atoms with E-state index < -0.39 is 0 Å². The second kappa shape index (κ2) is 3.79. The van der Waals surface area contributed by atoms with Crippen molar-refractivity contribution in [3.05, 3.63) is 47.5 Å². The second-order valence-corrected chi connectivity index (χ2v) is 5.53. The van der Waals surface area contributed by atoms with Crippen LogP contribution >= 0.6 is 0 Å². The summed E-state index contributed by atoms with van der Waals surface area (Å²) < 4.78 is 17.3. The van der Waals surface area contributed by atoms with Crippen LogP contribution in [0.4, 0.5) is 5.69 Å². The van der Waals surface area contributed by atoms with Gasteiger partial charge in [-0.05, 0) is 17.7 Å². The number of hydrogen-bond donors (Lipinski definition) is 0. The normalized spacial score (nSPS) is 23.8. The van der Waals surface area contributed by atoms with Crippen molar-refractivity contribution in [2.75, 3.05) is 19.8 Å². The Bertz CT molecular complexity index is 784. The number of ether oxygens (including phenoxy) is 3. The molecule has 0 saturated heterocycles. The minimum Gasteiger partial charge on any atom is -0.491 e. The fourth-order valence-corrected chi connectivity index (χ4v) is 3.35. The summed E-state index contributed by atoms with van der Waals surface area (Å²) in [7, 11) is 0. The maximum absolute atomic E-state index is 5.93. The highest BCUT2D eigenvalue weighted by Gasteiger charge is 2.46. The van der Waals surface area contributed by atoms with E-state index in [2.05, 4.69) is 11.1 Å². The van der Waals surface area contributed by atoms with Gasteiger partial charge in [-0.25, -0.2) is 0 Å². The van der Waals surface area contributed by atoms with E-state index in [1.54, 1.807) is 0 Å². The van der Waals surface area contributed by atoms with Crippen LogP contribution in [-0.4, -0.2) is 26.0 Å². The van der Waals surface area contributed by atoms with Gasteiger partial charge in [0.2, 0.25) is 0 Å². The molecule has 1 atom stereocenters. The molecule has 0 saturated carbocycles. The average Bonchev–Trinajstić information content (AvgIpc) is 3.09. The number of nitrogens with zero attached hydrogens (tertiary/aromatic N) is 1. The summed E-state index contributed by atoms with van der Waals surface area (Å²) in [5.41, 5.74) is 3.03. The fourth-order valence-electron chi connectivity index (χ4n) is 3.35. The van der Waals surface area contributed by atoms with E-state index in [9.17, 15) is 0 Å². The number of rotatable bonds is 0. The van der Waals surface area contributed by atoms with Crippen molar-refractivity contribution in [1.82, 2.24) is 0 Å². The van der Waals surface area contributed by atoms with Crippen molar-refractivity contribution in [1.29, 1.82) is 0 Å². The molecule has 2 aromatic rings. The molecule has 5 rings (SSSR count). The van der Waals surface area contributed by atoms with E-state index in [0.717, 1.165) is 28.5 Å². The van der Waals surface area contributed by atoms with Gasteiger partial charge in [0.05, 0.1) is 11.1 Å². The van der Waals surface area contributed by atoms with Gasteiger partial charge in [0.15, 0.2) is 11.5 Å². The number of hydrogen-bond acceptors (Lipinski definition) is 4. The lowest BCUT2D eigenvalue weighted by molar-refractivity contribution is 0.171. The Morgan fingerprint density at radius 3 is 2.57 bits per heavy atom. The van der Waals surface area contributed by atoms with Crippen molar-refractivity contribution in [2.45, 2.75) is 5.41 Å². The van der Waals surface area contributed by atoms with Crippen molar-refractivity contribution in [3.63, 3.8) is 0 Å². The number of benzene rings is 2. The molecule has 21 heavy (non-hydrogen) atoms. The lowest BCUT2D eigenvalue weighted by Crippen LogP contribution is -2.29. The molecule has 3 aliphatic rings. The SMILES string of the molecule is C1=Nc2ccccc2C12COc1cc3c(cc12)OCCO3. The number of para-hydroxylation sites is 1. The molecule has 0 bridgehead atoms. The van der Waals surface area contributed by atoms with Gasteiger partial charge in [-0.15, -0.1) is 0 Å². The fraction of sp³-hybridized carbons (Fsp3) is 0.235. The van der Waals surface area contributed by atoms with Gasteiger partial charge in [0, 0.05) is 17.8 Å². The van der Waals surface area contributed by atoms with Gasteiger partial charge in [0.1, 0.15) is 25.6 Å². The van der Waals surface area contributed by atoms with Gasteiger partial charge < -0.3 is 14.2 Å². The van der Waals surface area contributed by atoms with E-state index in [-0.39, 0.29) is 5.41 Å². The minimum absolute atomic E-state index is 0.290. The van der Waals surface area contributed by atoms with Crippen LogP contribution < -0.4 is 14.2 Å². The van der Waals surface area contributed by atoms with Crippen molar-refractivity contribution in [2.24, 2.45) is 4.99 Å². The molecule has 0 aliphatic carbocycles. The predicted octanol–water partition coefficient (Wildman–Crippen LogP) is 2.85. The summed E-state index contributed by atoms with van der Waals surface area (Å²) in [6.45, 7) is 1.75. The molecular formula is C17H13NO3. The first-order chi connectivity index (χ1) is 10.4. The second-order valence-electron chi connectivity index (χ2n) is 5.53. The zero-order valence-electron chi connectivity index (χ0n) is 11.3. The number of aliphatic imine (C=N–C) groups is 1. The molecule has 0 N–H and O–H groups in total. The summed E-state index contributed by atoms with van der Waals surface area (Å²) in [5, 5.41) is 0. The summed E-state index contributed by atoms with van der Waals surface area (Å²) in [5.74, 6) is 2.42. The van der Waals surface area contributed by atoms with Crippen LogP contribution in [0.1, 0.15) is 11.1 Å². The highest BCUT2D eigenvalue weighted by molar-refractivity contribution is 5.91. The largest absolute Gasteiger partial charge is 0.491 e. The van der Waals surface area contributed by atoms with Gasteiger partial charge >= 0.3 is 0 Å². The van der Waals surface area contributed by atoms with E-state index in [0.29, 0.717) is 19.8 Å². The molecule has 4 nitrogen and oxygen atoms in total. The van der Waals surface area contributed by atoms with Gasteiger partial charge in [0.25, 0.3) is 0 Å². The van der Waals surface area contributed by atoms with Crippen molar-refractivity contribution >= 4 is 11.9 Å². The molecular weight excluding hydrogens is 266 g/mol. The van der Waals surface area contributed by atoms with Crippen LogP contribution in [0.2, 0.25) is 0 Å². The topological polar surface area (TPSA) is 40.0 Å². The maximum atomic E-state index is 5.93. The number of fused-ring (bicyclic) bond motifs is 5. The maximum Gasteiger partial charge on any atom is 0.165 e. The molecule has 2 aromatic carbocycles. The van der Waals surface area contributed by atoms with Crippen molar-refractivity contribution < 1.29 is 14.2 Å². The summed E-state index contributed by atoms with van der Waals surface area (Å²) in [6.07, 6.45) is 2.00. The molecule has 4 heteroatoms. The average molecular weight is 279 g/mol. The van der Waals surface area contributed by atoms with Gasteiger partial charge in [-0.1, -0.05) is 18.2 Å². The Hall–Kier alpha value is -2.49. The van der Waals surface area contributed by atoms with Crippen LogP contribution in [-0.2, 0) is 5.41 Å². The third-order valence-electron chi connectivity index (χ3n) is 4.39. The molecule has 3 heterocycles. The molecule has 1 unspecified atom stereocenters. The van der Waals surface area contributed by atoms with E-state index in [1.807, 2.05) is 36.5 Å². The van der Waals surface area contributed by atoms with Crippen LogP contribution in [0.5, 0.6) is 17.2 Å². The first-order valence-corrected chi connectivity index (χ1v) is 7.08. The van der Waals surface area contributed by atoms with Crippen LogP contribution in [0.25, 0.3) is 0 Å². The summed E-state index contributed by atoms with van der Waals surface area (Å²) in [4.78, 5) is 4.57.